The zero-order chi connectivity index (χ0) is 12.3. The molecular weight excluding hydrogens is 222 g/mol. The first-order valence-corrected chi connectivity index (χ1v) is 4.98. The Morgan fingerprint density at radius 3 is 2.76 bits per heavy atom. The van der Waals surface area contributed by atoms with Crippen molar-refractivity contribution in [3.8, 4) is 17.3 Å². The SMILES string of the molecule is N#CCc1cc(-c2cccc(F)c2)ncc1F. The van der Waals surface area contributed by atoms with Gasteiger partial charge in [-0.25, -0.2) is 8.78 Å². The van der Waals surface area contributed by atoms with E-state index in [-0.39, 0.29) is 17.8 Å². The first-order valence-electron chi connectivity index (χ1n) is 4.98. The third-order valence-corrected chi connectivity index (χ3v) is 2.32. The van der Waals surface area contributed by atoms with Gasteiger partial charge < -0.3 is 0 Å². The lowest BCUT2D eigenvalue weighted by Crippen LogP contribution is -1.93. The van der Waals surface area contributed by atoms with Crippen LogP contribution in [-0.2, 0) is 6.42 Å². The summed E-state index contributed by atoms with van der Waals surface area (Å²) in [5, 5.41) is 8.55. The maximum absolute atomic E-state index is 13.3. The minimum absolute atomic E-state index is 0.0311. The number of nitrogens with zero attached hydrogens (tertiary/aromatic N) is 2. The second-order valence-corrected chi connectivity index (χ2v) is 3.51. The van der Waals surface area contributed by atoms with Gasteiger partial charge >= 0.3 is 0 Å². The van der Waals surface area contributed by atoms with E-state index in [2.05, 4.69) is 4.98 Å². The summed E-state index contributed by atoms with van der Waals surface area (Å²) in [6.45, 7) is 0. The molecular formula is C13H8F2N2. The summed E-state index contributed by atoms with van der Waals surface area (Å²) in [5.41, 5.74) is 1.28. The van der Waals surface area contributed by atoms with Crippen molar-refractivity contribution in [3.63, 3.8) is 0 Å². The molecule has 0 atom stereocenters. The molecule has 2 rings (SSSR count). The third kappa shape index (κ3) is 2.45. The molecule has 0 amide bonds. The Hall–Kier alpha value is -2.28. The summed E-state index contributed by atoms with van der Waals surface area (Å²) in [6, 6.07) is 9.21. The highest BCUT2D eigenvalue weighted by atomic mass is 19.1. The second kappa shape index (κ2) is 4.71. The van der Waals surface area contributed by atoms with Crippen molar-refractivity contribution in [1.29, 1.82) is 5.26 Å². The molecule has 0 radical (unpaired) electrons. The second-order valence-electron chi connectivity index (χ2n) is 3.51. The lowest BCUT2D eigenvalue weighted by atomic mass is 10.1. The molecule has 1 heterocycles. The molecule has 0 aliphatic rings. The Labute approximate surface area is 97.2 Å². The van der Waals surface area contributed by atoms with Gasteiger partial charge in [-0.3, -0.25) is 4.98 Å². The Morgan fingerprint density at radius 1 is 1.24 bits per heavy atom. The van der Waals surface area contributed by atoms with Gasteiger partial charge in [0.15, 0.2) is 0 Å². The summed E-state index contributed by atoms with van der Waals surface area (Å²) in [4.78, 5) is 3.88. The molecule has 84 valence electrons. The van der Waals surface area contributed by atoms with Crippen LogP contribution in [0.15, 0.2) is 36.5 Å². The van der Waals surface area contributed by atoms with E-state index in [1.165, 1.54) is 18.2 Å². The van der Waals surface area contributed by atoms with E-state index in [0.29, 0.717) is 11.3 Å². The average Bonchev–Trinajstić information content (AvgIpc) is 2.32. The van der Waals surface area contributed by atoms with Gasteiger partial charge in [0, 0.05) is 11.1 Å². The molecule has 0 unspecified atom stereocenters. The van der Waals surface area contributed by atoms with E-state index in [0.717, 1.165) is 6.20 Å². The molecule has 0 saturated heterocycles. The molecule has 0 bridgehead atoms. The standard InChI is InChI=1S/C13H8F2N2/c14-11-3-1-2-10(6-11)13-7-9(4-5-16)12(15)8-17-13/h1-3,6-8H,4H2. The molecule has 0 N–H and O–H groups in total. The molecule has 1 aromatic carbocycles. The van der Waals surface area contributed by atoms with E-state index >= 15 is 0 Å². The lowest BCUT2D eigenvalue weighted by molar-refractivity contribution is 0.609. The normalized spacial score (nSPS) is 9.94. The van der Waals surface area contributed by atoms with Gasteiger partial charge in [0.25, 0.3) is 0 Å². The predicted molar refractivity (Wildman–Crippen MR) is 58.9 cm³/mol. The molecule has 1 aromatic heterocycles. The van der Waals surface area contributed by atoms with Crippen molar-refractivity contribution in [2.45, 2.75) is 6.42 Å². The molecule has 4 heteroatoms. The number of halogens is 2. The summed E-state index contributed by atoms with van der Waals surface area (Å²) in [5.74, 6) is -0.901. The molecule has 0 saturated carbocycles. The summed E-state index contributed by atoms with van der Waals surface area (Å²) in [6.07, 6.45) is 1.02. The molecule has 0 aliphatic carbocycles. The van der Waals surface area contributed by atoms with Crippen LogP contribution in [0.2, 0.25) is 0 Å². The van der Waals surface area contributed by atoms with E-state index < -0.39 is 5.82 Å². The molecule has 17 heavy (non-hydrogen) atoms. The van der Waals surface area contributed by atoms with Crippen molar-refractivity contribution in [1.82, 2.24) is 4.98 Å². The van der Waals surface area contributed by atoms with E-state index in [1.54, 1.807) is 12.1 Å². The number of rotatable bonds is 2. The van der Waals surface area contributed by atoms with Gasteiger partial charge in [-0.2, -0.15) is 5.26 Å². The lowest BCUT2D eigenvalue weighted by Gasteiger charge is -2.03. The zero-order valence-corrected chi connectivity index (χ0v) is 8.82. The largest absolute Gasteiger partial charge is 0.253 e. The van der Waals surface area contributed by atoms with Gasteiger partial charge in [0.05, 0.1) is 24.4 Å². The maximum atomic E-state index is 13.3. The zero-order valence-electron chi connectivity index (χ0n) is 8.82. The van der Waals surface area contributed by atoms with Crippen LogP contribution >= 0.6 is 0 Å². The number of hydrogen-bond donors (Lipinski definition) is 0. The monoisotopic (exact) mass is 230 g/mol. The number of benzene rings is 1. The average molecular weight is 230 g/mol. The van der Waals surface area contributed by atoms with E-state index in [9.17, 15) is 8.78 Å². The fraction of sp³-hybridized carbons (Fsp3) is 0.0769. The summed E-state index contributed by atoms with van der Waals surface area (Å²) >= 11 is 0. The van der Waals surface area contributed by atoms with E-state index in [4.69, 9.17) is 5.26 Å². The number of aromatic nitrogens is 1. The van der Waals surface area contributed by atoms with Crippen LogP contribution in [-0.4, -0.2) is 4.98 Å². The quantitative estimate of drug-likeness (QED) is 0.794. The minimum atomic E-state index is -0.522. The number of nitriles is 1. The van der Waals surface area contributed by atoms with Gasteiger partial charge in [-0.15, -0.1) is 0 Å². The number of pyridine rings is 1. The van der Waals surface area contributed by atoms with Crippen LogP contribution in [0.5, 0.6) is 0 Å². The highest BCUT2D eigenvalue weighted by molar-refractivity contribution is 5.59. The van der Waals surface area contributed by atoms with Gasteiger partial charge in [-0.1, -0.05) is 12.1 Å². The van der Waals surface area contributed by atoms with Crippen molar-refractivity contribution >= 4 is 0 Å². The first-order chi connectivity index (χ1) is 8.20. The molecule has 2 aromatic rings. The minimum Gasteiger partial charge on any atom is -0.253 e. The molecule has 0 aliphatic heterocycles. The van der Waals surface area contributed by atoms with Gasteiger partial charge in [-0.05, 0) is 18.2 Å². The summed E-state index contributed by atoms with van der Waals surface area (Å²) < 4.78 is 26.3. The van der Waals surface area contributed by atoms with Crippen LogP contribution in [0.25, 0.3) is 11.3 Å². The maximum Gasteiger partial charge on any atom is 0.145 e. The highest BCUT2D eigenvalue weighted by Gasteiger charge is 2.06. The van der Waals surface area contributed by atoms with Crippen LogP contribution in [0.1, 0.15) is 5.56 Å². The smallest absolute Gasteiger partial charge is 0.145 e. The fourth-order valence-electron chi connectivity index (χ4n) is 1.51. The first kappa shape index (κ1) is 11.2. The van der Waals surface area contributed by atoms with Crippen LogP contribution < -0.4 is 0 Å². The van der Waals surface area contributed by atoms with Crippen molar-refractivity contribution in [2.75, 3.05) is 0 Å². The number of hydrogen-bond acceptors (Lipinski definition) is 2. The highest BCUT2D eigenvalue weighted by Crippen LogP contribution is 2.20. The van der Waals surface area contributed by atoms with Gasteiger partial charge in [0.2, 0.25) is 0 Å². The molecule has 2 nitrogen and oxygen atoms in total. The molecule has 0 fully saturated rings. The topological polar surface area (TPSA) is 36.7 Å². The Kier molecular flexibility index (Phi) is 3.10. The van der Waals surface area contributed by atoms with Gasteiger partial charge in [0.1, 0.15) is 11.6 Å². The van der Waals surface area contributed by atoms with Crippen molar-refractivity contribution in [3.05, 3.63) is 53.7 Å². The fourth-order valence-corrected chi connectivity index (χ4v) is 1.51. The van der Waals surface area contributed by atoms with Crippen LogP contribution in [0, 0.1) is 23.0 Å². The van der Waals surface area contributed by atoms with Crippen LogP contribution in [0.3, 0.4) is 0 Å². The Balaban J connectivity index is 2.47. The predicted octanol–water partition coefficient (Wildman–Crippen LogP) is 3.09. The van der Waals surface area contributed by atoms with Crippen molar-refractivity contribution < 1.29 is 8.78 Å². The Bertz CT molecular complexity index is 588. The van der Waals surface area contributed by atoms with Crippen LogP contribution in [0.4, 0.5) is 8.78 Å². The third-order valence-electron chi connectivity index (χ3n) is 2.32. The Morgan fingerprint density at radius 2 is 2.06 bits per heavy atom. The summed E-state index contributed by atoms with van der Waals surface area (Å²) in [7, 11) is 0. The van der Waals surface area contributed by atoms with E-state index in [1.807, 2.05) is 6.07 Å². The van der Waals surface area contributed by atoms with Crippen molar-refractivity contribution in [2.24, 2.45) is 0 Å². The molecule has 0 spiro atoms.